The second kappa shape index (κ2) is 10.6. The number of pyridine rings is 1. The minimum Gasteiger partial charge on any atom is -0.352 e. The molecular formula is C30H31N5OS. The summed E-state index contributed by atoms with van der Waals surface area (Å²) in [6, 6.07) is 24.2. The molecule has 0 aliphatic carbocycles. The third-order valence-corrected chi connectivity index (χ3v) is 7.28. The predicted octanol–water partition coefficient (Wildman–Crippen LogP) is 5.80. The molecule has 3 heterocycles. The molecule has 0 radical (unpaired) electrons. The summed E-state index contributed by atoms with van der Waals surface area (Å²) in [7, 11) is 0. The zero-order valence-corrected chi connectivity index (χ0v) is 22.1. The highest BCUT2D eigenvalue weighted by molar-refractivity contribution is 7.80. The van der Waals surface area contributed by atoms with Crippen LogP contribution in [0.2, 0.25) is 0 Å². The van der Waals surface area contributed by atoms with Crippen molar-refractivity contribution in [3.8, 4) is 5.69 Å². The molecule has 1 saturated heterocycles. The molecule has 5 rings (SSSR count). The number of carbonyl (C=O) groups excluding carboxylic acids is 1. The van der Waals surface area contributed by atoms with Gasteiger partial charge in [-0.25, -0.2) is 0 Å². The standard InChI is InChI=1S/C30H31N5OS/c1-20-8-6-9-23(18-20)32-27(36)14-17-35-29(28(33-30(35)37)25-10-4-5-15-31-25)26-11-7-16-34(26)24-13-12-21(2)22(3)19-24/h4-13,15-16,18-19,28-29H,14,17H2,1-3H3,(H,32,36)(H,33,37)/t28-,29-/m1/s1. The number of anilines is 1. The number of rotatable bonds is 7. The molecule has 0 spiro atoms. The van der Waals surface area contributed by atoms with E-state index >= 15 is 0 Å². The van der Waals surface area contributed by atoms with E-state index in [0.29, 0.717) is 18.1 Å². The first-order chi connectivity index (χ1) is 17.9. The van der Waals surface area contributed by atoms with Gasteiger partial charge in [-0.1, -0.05) is 24.3 Å². The highest BCUT2D eigenvalue weighted by Crippen LogP contribution is 2.39. The van der Waals surface area contributed by atoms with Crippen LogP contribution in [-0.4, -0.2) is 32.0 Å². The fourth-order valence-corrected chi connectivity index (χ4v) is 5.21. The lowest BCUT2D eigenvalue weighted by Crippen LogP contribution is -2.33. The number of aryl methyl sites for hydroxylation is 3. The summed E-state index contributed by atoms with van der Waals surface area (Å²) >= 11 is 5.81. The van der Waals surface area contributed by atoms with Crippen LogP contribution in [0.1, 0.15) is 46.6 Å². The number of hydrogen-bond donors (Lipinski definition) is 2. The molecule has 2 aromatic carbocycles. The van der Waals surface area contributed by atoms with Gasteiger partial charge in [0.2, 0.25) is 5.91 Å². The van der Waals surface area contributed by atoms with Gasteiger partial charge >= 0.3 is 0 Å². The van der Waals surface area contributed by atoms with Crippen molar-refractivity contribution in [1.29, 1.82) is 0 Å². The summed E-state index contributed by atoms with van der Waals surface area (Å²) in [5.41, 5.74) is 7.50. The first kappa shape index (κ1) is 24.7. The fraction of sp³-hybridized carbons (Fsp3) is 0.233. The van der Waals surface area contributed by atoms with Gasteiger partial charge in [-0.3, -0.25) is 9.78 Å². The quantitative estimate of drug-likeness (QED) is 0.309. The summed E-state index contributed by atoms with van der Waals surface area (Å²) in [5, 5.41) is 7.13. The molecule has 1 amide bonds. The second-order valence-corrected chi connectivity index (χ2v) is 9.95. The maximum Gasteiger partial charge on any atom is 0.226 e. The van der Waals surface area contributed by atoms with E-state index in [2.05, 4.69) is 75.5 Å². The van der Waals surface area contributed by atoms with Gasteiger partial charge in [0.15, 0.2) is 5.11 Å². The maximum absolute atomic E-state index is 12.9. The molecule has 2 atom stereocenters. The fourth-order valence-electron chi connectivity index (χ4n) is 4.88. The first-order valence-electron chi connectivity index (χ1n) is 12.5. The van der Waals surface area contributed by atoms with Crippen LogP contribution in [0.3, 0.4) is 0 Å². The normalized spacial score (nSPS) is 17.1. The first-order valence-corrected chi connectivity index (χ1v) is 12.9. The molecule has 188 valence electrons. The lowest BCUT2D eigenvalue weighted by molar-refractivity contribution is -0.116. The predicted molar refractivity (Wildman–Crippen MR) is 152 cm³/mol. The van der Waals surface area contributed by atoms with E-state index in [1.807, 2.05) is 49.4 Å². The van der Waals surface area contributed by atoms with E-state index < -0.39 is 0 Å². The minimum absolute atomic E-state index is 0.0435. The van der Waals surface area contributed by atoms with Gasteiger partial charge in [0.05, 0.1) is 17.8 Å². The molecule has 1 aliphatic rings. The molecule has 2 N–H and O–H groups in total. The van der Waals surface area contributed by atoms with Crippen molar-refractivity contribution in [3.05, 3.63) is 113 Å². The Kier molecular flexibility index (Phi) is 7.06. The van der Waals surface area contributed by atoms with Crippen molar-refractivity contribution in [2.24, 2.45) is 0 Å². The molecule has 7 heteroatoms. The number of carbonyl (C=O) groups is 1. The second-order valence-electron chi connectivity index (χ2n) is 9.56. The molecule has 0 saturated carbocycles. The van der Waals surface area contributed by atoms with Crippen molar-refractivity contribution >= 4 is 28.9 Å². The van der Waals surface area contributed by atoms with Crippen LogP contribution in [0.4, 0.5) is 5.69 Å². The lowest BCUT2D eigenvalue weighted by atomic mass is 10.0. The summed E-state index contributed by atoms with van der Waals surface area (Å²) in [5.74, 6) is -0.0435. The van der Waals surface area contributed by atoms with Gasteiger partial charge in [0.1, 0.15) is 0 Å². The number of amides is 1. The van der Waals surface area contributed by atoms with Gasteiger partial charge in [0, 0.05) is 42.4 Å². The Hall–Kier alpha value is -3.97. The van der Waals surface area contributed by atoms with E-state index in [9.17, 15) is 4.79 Å². The van der Waals surface area contributed by atoms with E-state index in [0.717, 1.165) is 28.3 Å². The van der Waals surface area contributed by atoms with Crippen molar-refractivity contribution in [2.45, 2.75) is 39.3 Å². The average Bonchev–Trinajstić information content (AvgIpc) is 3.49. The van der Waals surface area contributed by atoms with E-state index in [1.54, 1.807) is 6.20 Å². The summed E-state index contributed by atoms with van der Waals surface area (Å²) in [6.07, 6.45) is 4.20. The van der Waals surface area contributed by atoms with Crippen molar-refractivity contribution < 1.29 is 4.79 Å². The number of thiocarbonyl (C=S) groups is 1. The Balaban J connectivity index is 1.45. The zero-order valence-electron chi connectivity index (χ0n) is 21.3. The maximum atomic E-state index is 12.9. The Labute approximate surface area is 223 Å². The van der Waals surface area contributed by atoms with Crippen LogP contribution in [0, 0.1) is 20.8 Å². The molecule has 1 fully saturated rings. The Morgan fingerprint density at radius 2 is 1.86 bits per heavy atom. The molecular weight excluding hydrogens is 478 g/mol. The average molecular weight is 510 g/mol. The van der Waals surface area contributed by atoms with Gasteiger partial charge in [-0.2, -0.15) is 0 Å². The van der Waals surface area contributed by atoms with Crippen LogP contribution in [0.15, 0.2) is 85.2 Å². The van der Waals surface area contributed by atoms with Crippen LogP contribution in [0.25, 0.3) is 5.69 Å². The van der Waals surface area contributed by atoms with Gasteiger partial charge in [-0.05, 0) is 98.2 Å². The smallest absolute Gasteiger partial charge is 0.226 e. The van der Waals surface area contributed by atoms with Crippen LogP contribution < -0.4 is 10.6 Å². The van der Waals surface area contributed by atoms with Gasteiger partial charge < -0.3 is 20.1 Å². The third-order valence-electron chi connectivity index (χ3n) is 6.93. The van der Waals surface area contributed by atoms with Gasteiger partial charge in [-0.15, -0.1) is 0 Å². The number of benzene rings is 2. The molecule has 0 unspecified atom stereocenters. The van der Waals surface area contributed by atoms with Crippen molar-refractivity contribution in [1.82, 2.24) is 19.8 Å². The van der Waals surface area contributed by atoms with Crippen molar-refractivity contribution in [2.75, 3.05) is 11.9 Å². The molecule has 0 bridgehead atoms. The minimum atomic E-state index is -0.145. The third kappa shape index (κ3) is 5.27. The Bertz CT molecular complexity index is 1430. The largest absolute Gasteiger partial charge is 0.352 e. The topological polar surface area (TPSA) is 62.2 Å². The number of aromatic nitrogens is 2. The highest BCUT2D eigenvalue weighted by atomic mass is 32.1. The monoisotopic (exact) mass is 509 g/mol. The Morgan fingerprint density at radius 1 is 1.00 bits per heavy atom. The lowest BCUT2D eigenvalue weighted by Gasteiger charge is -2.29. The Morgan fingerprint density at radius 3 is 2.62 bits per heavy atom. The molecule has 4 aromatic rings. The van der Waals surface area contributed by atoms with Crippen LogP contribution in [0.5, 0.6) is 0 Å². The number of hydrogen-bond acceptors (Lipinski definition) is 3. The zero-order chi connectivity index (χ0) is 25.9. The summed E-state index contributed by atoms with van der Waals surface area (Å²) < 4.78 is 2.21. The molecule has 37 heavy (non-hydrogen) atoms. The van der Waals surface area contributed by atoms with E-state index in [1.165, 1.54) is 11.1 Å². The number of nitrogens with one attached hydrogen (secondary N) is 2. The van der Waals surface area contributed by atoms with E-state index in [-0.39, 0.29) is 18.0 Å². The van der Waals surface area contributed by atoms with E-state index in [4.69, 9.17) is 12.2 Å². The van der Waals surface area contributed by atoms with Crippen LogP contribution >= 0.6 is 12.2 Å². The molecule has 1 aliphatic heterocycles. The SMILES string of the molecule is Cc1cccc(NC(=O)CCN2C(=S)N[C@H](c3ccccn3)[C@H]2c2cccn2-c2ccc(C)c(C)c2)c1. The van der Waals surface area contributed by atoms with Crippen LogP contribution in [-0.2, 0) is 4.79 Å². The molecule has 6 nitrogen and oxygen atoms in total. The molecule has 2 aromatic heterocycles. The summed E-state index contributed by atoms with van der Waals surface area (Å²) in [6.45, 7) is 6.74. The highest BCUT2D eigenvalue weighted by Gasteiger charge is 2.41. The van der Waals surface area contributed by atoms with Gasteiger partial charge in [0.25, 0.3) is 0 Å². The van der Waals surface area contributed by atoms with Crippen molar-refractivity contribution in [3.63, 3.8) is 0 Å². The number of nitrogens with zero attached hydrogens (tertiary/aromatic N) is 3. The summed E-state index contributed by atoms with van der Waals surface area (Å²) in [4.78, 5) is 19.6.